The van der Waals surface area contributed by atoms with Crippen LogP contribution in [-0.4, -0.2) is 51.8 Å². The van der Waals surface area contributed by atoms with Crippen LogP contribution in [0, 0.1) is 5.92 Å². The Labute approximate surface area is 152 Å². The molecule has 2 aromatic rings. The van der Waals surface area contributed by atoms with Crippen molar-refractivity contribution in [2.75, 3.05) is 31.1 Å². The fourth-order valence-electron chi connectivity index (χ4n) is 3.77. The van der Waals surface area contributed by atoms with E-state index >= 15 is 0 Å². The molecule has 6 nitrogen and oxygen atoms in total. The van der Waals surface area contributed by atoms with Crippen molar-refractivity contribution in [1.29, 1.82) is 0 Å². The van der Waals surface area contributed by atoms with E-state index in [0.29, 0.717) is 5.91 Å². The normalized spacial score (nSPS) is 19.8. The minimum atomic E-state index is 0.186. The first-order valence-electron chi connectivity index (χ1n) is 9.32. The van der Waals surface area contributed by atoms with Gasteiger partial charge in [-0.3, -0.25) is 9.36 Å². The molecule has 0 bridgehead atoms. The van der Waals surface area contributed by atoms with E-state index in [2.05, 4.69) is 20.0 Å². The van der Waals surface area contributed by atoms with E-state index in [1.54, 1.807) is 11.3 Å². The highest BCUT2D eigenvalue weighted by atomic mass is 32.1. The summed E-state index contributed by atoms with van der Waals surface area (Å²) in [5.41, 5.74) is 0. The van der Waals surface area contributed by atoms with E-state index in [9.17, 15) is 4.79 Å². The molecule has 7 heteroatoms. The van der Waals surface area contributed by atoms with Gasteiger partial charge < -0.3 is 9.80 Å². The highest BCUT2D eigenvalue weighted by Gasteiger charge is 2.30. The molecular formula is C18H25N5OS. The molecule has 0 unspecified atom stereocenters. The number of hydrogen-bond acceptors (Lipinski definition) is 5. The van der Waals surface area contributed by atoms with Crippen LogP contribution < -0.4 is 4.90 Å². The third-order valence-corrected chi connectivity index (χ3v) is 6.26. The molecule has 1 amide bonds. The van der Waals surface area contributed by atoms with E-state index in [1.165, 1.54) is 12.8 Å². The molecule has 2 aliphatic rings. The molecule has 0 N–H and O–H groups in total. The van der Waals surface area contributed by atoms with Crippen LogP contribution in [0.3, 0.4) is 0 Å². The van der Waals surface area contributed by atoms with Crippen LogP contribution in [0.4, 0.5) is 5.13 Å². The van der Waals surface area contributed by atoms with Crippen molar-refractivity contribution in [3.8, 4) is 5.13 Å². The lowest BCUT2D eigenvalue weighted by Gasteiger charge is -2.33. The lowest BCUT2D eigenvalue weighted by atomic mass is 9.95. The summed E-state index contributed by atoms with van der Waals surface area (Å²) in [5.74, 6) is 0.568. The molecule has 4 heterocycles. The maximum atomic E-state index is 12.8. The van der Waals surface area contributed by atoms with Gasteiger partial charge in [0, 0.05) is 44.5 Å². The number of carbonyl (C=O) groups excluding carboxylic acids is 1. The Morgan fingerprint density at radius 3 is 2.24 bits per heavy atom. The van der Waals surface area contributed by atoms with E-state index in [-0.39, 0.29) is 5.92 Å². The molecule has 134 valence electrons. The second-order valence-corrected chi connectivity index (χ2v) is 7.89. The van der Waals surface area contributed by atoms with Gasteiger partial charge in [0.25, 0.3) is 0 Å². The lowest BCUT2D eigenvalue weighted by molar-refractivity contribution is -0.136. The first kappa shape index (κ1) is 16.6. The lowest BCUT2D eigenvalue weighted by Crippen LogP contribution is -2.43. The van der Waals surface area contributed by atoms with Gasteiger partial charge in [-0.25, -0.2) is 0 Å². The Kier molecular flexibility index (Phi) is 5.01. The summed E-state index contributed by atoms with van der Waals surface area (Å²) >= 11 is 1.61. The van der Waals surface area contributed by atoms with Crippen LogP contribution in [-0.2, 0) is 4.79 Å². The van der Waals surface area contributed by atoms with Gasteiger partial charge in [0.15, 0.2) is 0 Å². The topological polar surface area (TPSA) is 54.3 Å². The van der Waals surface area contributed by atoms with Crippen LogP contribution in [0.1, 0.15) is 38.5 Å². The number of amides is 1. The smallest absolute Gasteiger partial charge is 0.225 e. The van der Waals surface area contributed by atoms with Gasteiger partial charge in [-0.2, -0.15) is 0 Å². The monoisotopic (exact) mass is 359 g/mol. The second kappa shape index (κ2) is 7.56. The number of rotatable bonds is 3. The highest BCUT2D eigenvalue weighted by Crippen LogP contribution is 2.28. The molecule has 0 atom stereocenters. The number of carbonyl (C=O) groups is 1. The number of aromatic nitrogens is 3. The zero-order valence-electron chi connectivity index (χ0n) is 14.5. The third kappa shape index (κ3) is 3.71. The average molecular weight is 359 g/mol. The summed E-state index contributed by atoms with van der Waals surface area (Å²) in [7, 11) is 0. The number of likely N-dealkylation sites (tertiary alicyclic amines) is 1. The first-order valence-corrected chi connectivity index (χ1v) is 10.1. The second-order valence-electron chi connectivity index (χ2n) is 6.96. The third-order valence-electron chi connectivity index (χ3n) is 5.26. The van der Waals surface area contributed by atoms with Gasteiger partial charge in [-0.1, -0.05) is 24.2 Å². The summed E-state index contributed by atoms with van der Waals surface area (Å²) in [5, 5.41) is 10.5. The van der Waals surface area contributed by atoms with Crippen LogP contribution in [0.2, 0.25) is 0 Å². The standard InChI is InChI=1S/C18H25N5OS/c24-16(21-9-3-1-2-4-10-21)15-7-13-23(14-8-15)18-20-19-17(25-18)22-11-5-6-12-22/h5-6,11-12,15H,1-4,7-10,13-14H2. The summed E-state index contributed by atoms with van der Waals surface area (Å²) in [4.78, 5) is 17.2. The molecule has 2 aromatic heterocycles. The molecule has 0 saturated carbocycles. The zero-order chi connectivity index (χ0) is 17.1. The highest BCUT2D eigenvalue weighted by molar-refractivity contribution is 7.17. The Bertz CT molecular complexity index is 682. The predicted molar refractivity (Wildman–Crippen MR) is 99.2 cm³/mol. The van der Waals surface area contributed by atoms with Crippen molar-refractivity contribution in [2.24, 2.45) is 5.92 Å². The fourth-order valence-corrected chi connectivity index (χ4v) is 4.63. The molecule has 2 saturated heterocycles. The number of piperidine rings is 1. The van der Waals surface area contributed by atoms with E-state index in [4.69, 9.17) is 0 Å². The molecule has 2 aliphatic heterocycles. The molecule has 0 aromatic carbocycles. The molecule has 0 spiro atoms. The van der Waals surface area contributed by atoms with Gasteiger partial charge in [0.05, 0.1) is 0 Å². The summed E-state index contributed by atoms with van der Waals surface area (Å²) < 4.78 is 1.98. The van der Waals surface area contributed by atoms with Crippen molar-refractivity contribution in [3.63, 3.8) is 0 Å². The van der Waals surface area contributed by atoms with E-state index in [0.717, 1.165) is 62.1 Å². The summed E-state index contributed by atoms with van der Waals surface area (Å²) in [6.45, 7) is 3.69. The Balaban J connectivity index is 1.34. The molecule has 0 radical (unpaired) electrons. The zero-order valence-corrected chi connectivity index (χ0v) is 15.3. The van der Waals surface area contributed by atoms with E-state index < -0.39 is 0 Å². The quantitative estimate of drug-likeness (QED) is 0.845. The SMILES string of the molecule is O=C(C1CCN(c2nnc(-n3cccc3)s2)CC1)N1CCCCCC1. The Hall–Kier alpha value is -1.89. The molecule has 4 rings (SSSR count). The van der Waals surface area contributed by atoms with Gasteiger partial charge in [-0.15, -0.1) is 10.2 Å². The fraction of sp³-hybridized carbons (Fsp3) is 0.611. The van der Waals surface area contributed by atoms with Gasteiger partial charge in [-0.05, 0) is 37.8 Å². The minimum absolute atomic E-state index is 0.186. The molecule has 2 fully saturated rings. The van der Waals surface area contributed by atoms with Crippen LogP contribution in [0.15, 0.2) is 24.5 Å². The van der Waals surface area contributed by atoms with Crippen molar-refractivity contribution in [2.45, 2.75) is 38.5 Å². The van der Waals surface area contributed by atoms with Gasteiger partial charge in [0.1, 0.15) is 0 Å². The van der Waals surface area contributed by atoms with Crippen molar-refractivity contribution < 1.29 is 4.79 Å². The van der Waals surface area contributed by atoms with Gasteiger partial charge >= 0.3 is 0 Å². The first-order chi connectivity index (χ1) is 12.3. The minimum Gasteiger partial charge on any atom is -0.347 e. The predicted octanol–water partition coefficient (Wildman–Crippen LogP) is 2.95. The van der Waals surface area contributed by atoms with Crippen molar-refractivity contribution in [1.82, 2.24) is 19.7 Å². The van der Waals surface area contributed by atoms with Crippen LogP contribution in [0.25, 0.3) is 5.13 Å². The number of anilines is 1. The summed E-state index contributed by atoms with van der Waals surface area (Å²) in [6, 6.07) is 3.97. The number of nitrogens with zero attached hydrogens (tertiary/aromatic N) is 5. The molecular weight excluding hydrogens is 334 g/mol. The number of hydrogen-bond donors (Lipinski definition) is 0. The molecule has 0 aliphatic carbocycles. The van der Waals surface area contributed by atoms with Crippen LogP contribution in [0.5, 0.6) is 0 Å². The average Bonchev–Trinajstić information content (AvgIpc) is 3.28. The molecule has 25 heavy (non-hydrogen) atoms. The Morgan fingerprint density at radius 1 is 0.920 bits per heavy atom. The van der Waals surface area contributed by atoms with Gasteiger partial charge in [0.2, 0.25) is 16.2 Å². The largest absolute Gasteiger partial charge is 0.347 e. The Morgan fingerprint density at radius 2 is 1.56 bits per heavy atom. The van der Waals surface area contributed by atoms with Crippen molar-refractivity contribution in [3.05, 3.63) is 24.5 Å². The van der Waals surface area contributed by atoms with Crippen LogP contribution >= 0.6 is 11.3 Å². The van der Waals surface area contributed by atoms with Crippen molar-refractivity contribution >= 4 is 22.4 Å². The van der Waals surface area contributed by atoms with E-state index in [1.807, 2.05) is 29.1 Å². The maximum Gasteiger partial charge on any atom is 0.225 e. The maximum absolute atomic E-state index is 12.8. The summed E-state index contributed by atoms with van der Waals surface area (Å²) in [6.07, 6.45) is 10.7.